The maximum atomic E-state index is 5.20. The molecule has 2 heteroatoms. The summed E-state index contributed by atoms with van der Waals surface area (Å²) in [4.78, 5) is 0. The van der Waals surface area contributed by atoms with Gasteiger partial charge in [0, 0.05) is 12.1 Å². The Morgan fingerprint density at radius 3 is 2.60 bits per heavy atom. The minimum Gasteiger partial charge on any atom is -0.497 e. The minimum absolute atomic E-state index is 0.543. The Hall–Kier alpha value is -1.02. The third-order valence-electron chi connectivity index (χ3n) is 4.48. The summed E-state index contributed by atoms with van der Waals surface area (Å²) in [5.74, 6) is 1.85. The number of rotatable bonds is 5. The van der Waals surface area contributed by atoms with Crippen LogP contribution in [0, 0.1) is 5.92 Å². The van der Waals surface area contributed by atoms with Gasteiger partial charge < -0.3 is 10.1 Å². The predicted octanol–water partition coefficient (Wildman–Crippen LogP) is 4.18. The maximum Gasteiger partial charge on any atom is 0.118 e. The highest BCUT2D eigenvalue weighted by Gasteiger charge is 2.17. The Kier molecular flexibility index (Phi) is 5.90. The van der Waals surface area contributed by atoms with E-state index in [0.29, 0.717) is 12.1 Å². The summed E-state index contributed by atoms with van der Waals surface area (Å²) in [5, 5.41) is 3.83. The Morgan fingerprint density at radius 2 is 1.90 bits per heavy atom. The van der Waals surface area contributed by atoms with Crippen LogP contribution < -0.4 is 10.1 Å². The lowest BCUT2D eigenvalue weighted by molar-refractivity contribution is 0.399. The normalized spacial score (nSPS) is 24.9. The second kappa shape index (κ2) is 7.68. The summed E-state index contributed by atoms with van der Waals surface area (Å²) >= 11 is 0. The monoisotopic (exact) mass is 275 g/mol. The zero-order valence-corrected chi connectivity index (χ0v) is 13.2. The molecule has 0 radical (unpaired) electrons. The van der Waals surface area contributed by atoms with Gasteiger partial charge in [0.05, 0.1) is 7.11 Å². The fourth-order valence-electron chi connectivity index (χ4n) is 3.23. The molecule has 1 aromatic carbocycles. The van der Waals surface area contributed by atoms with Crippen LogP contribution in [0.15, 0.2) is 24.3 Å². The molecule has 1 saturated carbocycles. The largest absolute Gasteiger partial charge is 0.497 e. The standard InChI is InChI=1S/C18H29NO/c1-14-5-4-6-17(10-7-14)19-15(2)13-16-8-11-18(20-3)12-9-16/h8-9,11-12,14-15,17,19H,4-7,10,13H2,1-3H3. The molecular formula is C18H29NO. The second-order valence-electron chi connectivity index (χ2n) is 6.43. The van der Waals surface area contributed by atoms with Crippen molar-refractivity contribution >= 4 is 0 Å². The molecule has 3 atom stereocenters. The van der Waals surface area contributed by atoms with E-state index in [9.17, 15) is 0 Å². The van der Waals surface area contributed by atoms with Gasteiger partial charge in [0.2, 0.25) is 0 Å². The summed E-state index contributed by atoms with van der Waals surface area (Å²) < 4.78 is 5.20. The van der Waals surface area contributed by atoms with Gasteiger partial charge in [0.15, 0.2) is 0 Å². The fourth-order valence-corrected chi connectivity index (χ4v) is 3.23. The molecule has 1 aliphatic carbocycles. The van der Waals surface area contributed by atoms with E-state index >= 15 is 0 Å². The Bertz CT molecular complexity index is 387. The fraction of sp³-hybridized carbons (Fsp3) is 0.667. The SMILES string of the molecule is COc1ccc(CC(C)NC2CCCC(C)CC2)cc1. The Balaban J connectivity index is 1.80. The highest BCUT2D eigenvalue weighted by atomic mass is 16.5. The van der Waals surface area contributed by atoms with Gasteiger partial charge >= 0.3 is 0 Å². The van der Waals surface area contributed by atoms with Gasteiger partial charge in [0.1, 0.15) is 5.75 Å². The molecule has 1 N–H and O–H groups in total. The molecule has 3 unspecified atom stereocenters. The lowest BCUT2D eigenvalue weighted by atomic mass is 10.0. The highest BCUT2D eigenvalue weighted by Crippen LogP contribution is 2.23. The van der Waals surface area contributed by atoms with Crippen molar-refractivity contribution < 1.29 is 4.74 Å². The molecule has 1 fully saturated rings. The Morgan fingerprint density at radius 1 is 1.15 bits per heavy atom. The van der Waals surface area contributed by atoms with Crippen LogP contribution in [0.1, 0.15) is 51.5 Å². The van der Waals surface area contributed by atoms with Gasteiger partial charge in [-0.15, -0.1) is 0 Å². The van der Waals surface area contributed by atoms with Crippen LogP contribution in [-0.2, 0) is 6.42 Å². The first-order valence-electron chi connectivity index (χ1n) is 8.06. The van der Waals surface area contributed by atoms with Crippen LogP contribution in [0.4, 0.5) is 0 Å². The molecule has 0 spiro atoms. The predicted molar refractivity (Wildman–Crippen MR) is 85.3 cm³/mol. The topological polar surface area (TPSA) is 21.3 Å². The van der Waals surface area contributed by atoms with Crippen molar-refractivity contribution in [3.05, 3.63) is 29.8 Å². The van der Waals surface area contributed by atoms with E-state index in [2.05, 4.69) is 43.4 Å². The van der Waals surface area contributed by atoms with E-state index in [-0.39, 0.29) is 0 Å². The van der Waals surface area contributed by atoms with Crippen LogP contribution in [0.5, 0.6) is 5.75 Å². The van der Waals surface area contributed by atoms with Gasteiger partial charge in [-0.2, -0.15) is 0 Å². The van der Waals surface area contributed by atoms with Crippen molar-refractivity contribution in [2.75, 3.05) is 7.11 Å². The van der Waals surface area contributed by atoms with Gasteiger partial charge in [-0.25, -0.2) is 0 Å². The van der Waals surface area contributed by atoms with Crippen molar-refractivity contribution in [2.24, 2.45) is 5.92 Å². The smallest absolute Gasteiger partial charge is 0.118 e. The quantitative estimate of drug-likeness (QED) is 0.814. The van der Waals surface area contributed by atoms with Crippen molar-refractivity contribution in [1.29, 1.82) is 0 Å². The molecule has 2 rings (SSSR count). The number of benzene rings is 1. The van der Waals surface area contributed by atoms with E-state index in [1.165, 1.54) is 37.7 Å². The first-order chi connectivity index (χ1) is 9.67. The molecule has 1 aliphatic rings. The number of methoxy groups -OCH3 is 1. The molecule has 112 valence electrons. The van der Waals surface area contributed by atoms with E-state index in [1.54, 1.807) is 7.11 Å². The van der Waals surface area contributed by atoms with E-state index in [1.807, 2.05) is 0 Å². The number of ether oxygens (including phenoxy) is 1. The molecule has 0 saturated heterocycles. The van der Waals surface area contributed by atoms with Gasteiger partial charge in [-0.3, -0.25) is 0 Å². The molecule has 1 aromatic rings. The van der Waals surface area contributed by atoms with E-state index in [0.717, 1.165) is 18.1 Å². The molecule has 0 amide bonds. The van der Waals surface area contributed by atoms with Gasteiger partial charge in [-0.05, 0) is 56.2 Å². The first-order valence-corrected chi connectivity index (χ1v) is 8.06. The van der Waals surface area contributed by atoms with Crippen LogP contribution in [0.2, 0.25) is 0 Å². The molecular weight excluding hydrogens is 246 g/mol. The zero-order valence-electron chi connectivity index (χ0n) is 13.2. The van der Waals surface area contributed by atoms with Crippen LogP contribution in [-0.4, -0.2) is 19.2 Å². The Labute approximate surface area is 123 Å². The second-order valence-corrected chi connectivity index (χ2v) is 6.43. The molecule has 2 nitrogen and oxygen atoms in total. The van der Waals surface area contributed by atoms with Crippen molar-refractivity contribution in [2.45, 2.75) is 64.5 Å². The average molecular weight is 275 g/mol. The number of nitrogens with one attached hydrogen (secondary N) is 1. The van der Waals surface area contributed by atoms with E-state index in [4.69, 9.17) is 4.74 Å². The molecule has 20 heavy (non-hydrogen) atoms. The molecule has 0 heterocycles. The lowest BCUT2D eigenvalue weighted by Gasteiger charge is -2.22. The van der Waals surface area contributed by atoms with Crippen molar-refractivity contribution in [1.82, 2.24) is 5.32 Å². The molecule has 0 aromatic heterocycles. The lowest BCUT2D eigenvalue weighted by Crippen LogP contribution is -2.37. The summed E-state index contributed by atoms with van der Waals surface area (Å²) in [6.45, 7) is 4.70. The van der Waals surface area contributed by atoms with Gasteiger partial charge in [-0.1, -0.05) is 31.9 Å². The van der Waals surface area contributed by atoms with Gasteiger partial charge in [0.25, 0.3) is 0 Å². The van der Waals surface area contributed by atoms with Crippen LogP contribution >= 0.6 is 0 Å². The average Bonchev–Trinajstić information content (AvgIpc) is 2.64. The minimum atomic E-state index is 0.543. The van der Waals surface area contributed by atoms with Crippen LogP contribution in [0.25, 0.3) is 0 Å². The molecule has 0 aliphatic heterocycles. The van der Waals surface area contributed by atoms with Crippen molar-refractivity contribution in [3.8, 4) is 5.75 Å². The summed E-state index contributed by atoms with van der Waals surface area (Å²) in [5.41, 5.74) is 1.38. The summed E-state index contributed by atoms with van der Waals surface area (Å²) in [7, 11) is 1.71. The third-order valence-corrected chi connectivity index (χ3v) is 4.48. The van der Waals surface area contributed by atoms with E-state index < -0.39 is 0 Å². The first kappa shape index (κ1) is 15.4. The summed E-state index contributed by atoms with van der Waals surface area (Å²) in [6, 6.07) is 9.71. The summed E-state index contributed by atoms with van der Waals surface area (Å²) in [6.07, 6.45) is 7.95. The number of hydrogen-bond donors (Lipinski definition) is 1. The maximum absolute atomic E-state index is 5.20. The zero-order chi connectivity index (χ0) is 14.4. The van der Waals surface area contributed by atoms with Crippen LogP contribution in [0.3, 0.4) is 0 Å². The molecule has 0 bridgehead atoms. The third kappa shape index (κ3) is 4.82. The number of hydrogen-bond acceptors (Lipinski definition) is 2. The highest BCUT2D eigenvalue weighted by molar-refractivity contribution is 5.27. The van der Waals surface area contributed by atoms with Crippen molar-refractivity contribution in [3.63, 3.8) is 0 Å².